The minimum Gasteiger partial charge on any atom is -0.508 e. The van der Waals surface area contributed by atoms with E-state index in [9.17, 15) is 5.11 Å². The van der Waals surface area contributed by atoms with Crippen molar-refractivity contribution in [1.29, 1.82) is 0 Å². The molecule has 2 saturated carbocycles. The number of rotatable bonds is 5. The van der Waals surface area contributed by atoms with Crippen LogP contribution in [0.5, 0.6) is 11.5 Å². The zero-order valence-electron chi connectivity index (χ0n) is 11.6. The first-order chi connectivity index (χ1) is 9.26. The van der Waals surface area contributed by atoms with Crippen molar-refractivity contribution in [3.63, 3.8) is 0 Å². The van der Waals surface area contributed by atoms with Crippen LogP contribution in [0.4, 0.5) is 0 Å². The molecule has 0 aromatic heterocycles. The largest absolute Gasteiger partial charge is 0.508 e. The molecule has 1 aromatic rings. The summed E-state index contributed by atoms with van der Waals surface area (Å²) in [5.74, 6) is 3.96. The van der Waals surface area contributed by atoms with E-state index in [4.69, 9.17) is 4.74 Å². The third-order valence-corrected chi connectivity index (χ3v) is 4.89. The van der Waals surface area contributed by atoms with E-state index in [2.05, 4.69) is 5.32 Å². The summed E-state index contributed by atoms with van der Waals surface area (Å²) in [6, 6.07) is 5.39. The van der Waals surface area contributed by atoms with Crippen molar-refractivity contribution in [3.8, 4) is 11.5 Å². The Morgan fingerprint density at radius 1 is 1.32 bits per heavy atom. The van der Waals surface area contributed by atoms with Crippen molar-refractivity contribution in [3.05, 3.63) is 23.8 Å². The molecule has 3 nitrogen and oxygen atoms in total. The number of benzene rings is 1. The molecule has 2 aliphatic carbocycles. The minimum atomic E-state index is 0.348. The zero-order chi connectivity index (χ0) is 13.2. The monoisotopic (exact) mass is 261 g/mol. The van der Waals surface area contributed by atoms with Crippen LogP contribution in [0.3, 0.4) is 0 Å². The second-order valence-electron chi connectivity index (χ2n) is 6.06. The Morgan fingerprint density at radius 3 is 2.89 bits per heavy atom. The van der Waals surface area contributed by atoms with Gasteiger partial charge in [0.1, 0.15) is 11.5 Å². The fourth-order valence-electron chi connectivity index (χ4n) is 3.85. The third kappa shape index (κ3) is 2.71. The Kier molecular flexibility index (Phi) is 3.65. The van der Waals surface area contributed by atoms with Crippen LogP contribution in [0.2, 0.25) is 0 Å². The van der Waals surface area contributed by atoms with Crippen molar-refractivity contribution < 1.29 is 9.84 Å². The normalized spacial score (nSPS) is 28.8. The second-order valence-corrected chi connectivity index (χ2v) is 6.06. The topological polar surface area (TPSA) is 41.5 Å². The molecule has 1 aromatic carbocycles. The van der Waals surface area contributed by atoms with E-state index in [-0.39, 0.29) is 0 Å². The third-order valence-electron chi connectivity index (χ3n) is 4.89. The van der Waals surface area contributed by atoms with Gasteiger partial charge in [0.05, 0.1) is 7.11 Å². The van der Waals surface area contributed by atoms with Crippen molar-refractivity contribution in [2.75, 3.05) is 13.7 Å². The van der Waals surface area contributed by atoms with Crippen LogP contribution in [-0.2, 0) is 6.54 Å². The molecule has 0 spiro atoms. The number of nitrogens with one attached hydrogen (secondary N) is 1. The van der Waals surface area contributed by atoms with Gasteiger partial charge in [-0.15, -0.1) is 0 Å². The van der Waals surface area contributed by atoms with Crippen molar-refractivity contribution in [2.45, 2.75) is 32.2 Å². The first kappa shape index (κ1) is 12.8. The minimum absolute atomic E-state index is 0.348. The molecule has 2 N–H and O–H groups in total. The predicted octanol–water partition coefficient (Wildman–Crippen LogP) is 2.93. The van der Waals surface area contributed by atoms with Crippen LogP contribution in [-0.4, -0.2) is 18.8 Å². The van der Waals surface area contributed by atoms with Gasteiger partial charge in [0, 0.05) is 12.1 Å². The van der Waals surface area contributed by atoms with Gasteiger partial charge in [0.25, 0.3) is 0 Å². The predicted molar refractivity (Wildman–Crippen MR) is 75.3 cm³/mol. The molecular formula is C16H23NO2. The van der Waals surface area contributed by atoms with Crippen LogP contribution in [0.1, 0.15) is 31.2 Å². The number of ether oxygens (including phenoxy) is 1. The lowest BCUT2D eigenvalue weighted by molar-refractivity contribution is 0.317. The lowest BCUT2D eigenvalue weighted by Crippen LogP contribution is -2.26. The maximum Gasteiger partial charge on any atom is 0.120 e. The van der Waals surface area contributed by atoms with Crippen molar-refractivity contribution >= 4 is 0 Å². The number of phenols is 1. The van der Waals surface area contributed by atoms with Gasteiger partial charge in [-0.05, 0) is 61.8 Å². The summed E-state index contributed by atoms with van der Waals surface area (Å²) in [5, 5.41) is 13.3. The number of aromatic hydroxyl groups is 1. The van der Waals surface area contributed by atoms with Crippen molar-refractivity contribution in [2.24, 2.45) is 17.8 Å². The number of hydrogen-bond acceptors (Lipinski definition) is 3. The highest BCUT2D eigenvalue weighted by Crippen LogP contribution is 2.47. The molecule has 3 unspecified atom stereocenters. The molecule has 0 aliphatic heterocycles. The maximum absolute atomic E-state index is 9.83. The van der Waals surface area contributed by atoms with Crippen LogP contribution >= 0.6 is 0 Å². The van der Waals surface area contributed by atoms with Gasteiger partial charge in [-0.3, -0.25) is 0 Å². The Morgan fingerprint density at radius 2 is 2.21 bits per heavy atom. The molecule has 2 fully saturated rings. The Hall–Kier alpha value is -1.22. The van der Waals surface area contributed by atoms with E-state index in [1.165, 1.54) is 25.7 Å². The highest BCUT2D eigenvalue weighted by Gasteiger charge is 2.38. The van der Waals surface area contributed by atoms with Gasteiger partial charge < -0.3 is 15.2 Å². The molecular weight excluding hydrogens is 238 g/mol. The fraction of sp³-hybridized carbons (Fsp3) is 0.625. The summed E-state index contributed by atoms with van der Waals surface area (Å²) in [7, 11) is 1.65. The molecule has 3 heteroatoms. The molecule has 2 bridgehead atoms. The van der Waals surface area contributed by atoms with Gasteiger partial charge >= 0.3 is 0 Å². The standard InChI is InChI=1S/C16H23NO2/c1-19-15-4-5-16(18)14(8-15)10-17-9-13-7-11-2-3-12(13)6-11/h4-5,8,11-13,17-18H,2-3,6-7,9-10H2,1H3. The van der Waals surface area contributed by atoms with Crippen molar-refractivity contribution in [1.82, 2.24) is 5.32 Å². The summed E-state index contributed by atoms with van der Waals surface area (Å²) in [6.07, 6.45) is 5.75. The van der Waals surface area contributed by atoms with Gasteiger partial charge in [0.15, 0.2) is 0 Å². The van der Waals surface area contributed by atoms with E-state index in [0.29, 0.717) is 5.75 Å². The van der Waals surface area contributed by atoms with Gasteiger partial charge in [-0.25, -0.2) is 0 Å². The molecule has 0 saturated heterocycles. The Bertz CT molecular complexity index is 446. The highest BCUT2D eigenvalue weighted by atomic mass is 16.5. The Balaban J connectivity index is 1.52. The van der Waals surface area contributed by atoms with Crippen LogP contribution in [0, 0.1) is 17.8 Å². The molecule has 0 heterocycles. The summed E-state index contributed by atoms with van der Waals surface area (Å²) in [6.45, 7) is 1.80. The van der Waals surface area contributed by atoms with E-state index in [0.717, 1.165) is 42.2 Å². The number of methoxy groups -OCH3 is 1. The average molecular weight is 261 g/mol. The SMILES string of the molecule is COc1ccc(O)c(CNCC2CC3CCC2C3)c1. The quantitative estimate of drug-likeness (QED) is 0.856. The van der Waals surface area contributed by atoms with E-state index in [1.54, 1.807) is 19.2 Å². The van der Waals surface area contributed by atoms with Gasteiger partial charge in [-0.1, -0.05) is 6.42 Å². The summed E-state index contributed by atoms with van der Waals surface area (Å²) >= 11 is 0. The van der Waals surface area contributed by atoms with Crippen LogP contribution in [0.15, 0.2) is 18.2 Å². The summed E-state index contributed by atoms with van der Waals surface area (Å²) in [4.78, 5) is 0. The first-order valence-electron chi connectivity index (χ1n) is 7.33. The van der Waals surface area contributed by atoms with E-state index >= 15 is 0 Å². The number of phenolic OH excluding ortho intramolecular Hbond substituents is 1. The molecule has 0 radical (unpaired) electrons. The van der Waals surface area contributed by atoms with Crippen LogP contribution in [0.25, 0.3) is 0 Å². The zero-order valence-corrected chi connectivity index (χ0v) is 11.6. The Labute approximate surface area is 115 Å². The van der Waals surface area contributed by atoms with E-state index < -0.39 is 0 Å². The smallest absolute Gasteiger partial charge is 0.120 e. The average Bonchev–Trinajstić information content (AvgIpc) is 3.03. The first-order valence-corrected chi connectivity index (χ1v) is 7.33. The van der Waals surface area contributed by atoms with Crippen LogP contribution < -0.4 is 10.1 Å². The number of fused-ring (bicyclic) bond motifs is 2. The van der Waals surface area contributed by atoms with Gasteiger partial charge in [0.2, 0.25) is 0 Å². The molecule has 3 atom stereocenters. The summed E-state index contributed by atoms with van der Waals surface area (Å²) < 4.78 is 5.19. The lowest BCUT2D eigenvalue weighted by atomic mass is 9.89. The number of hydrogen-bond donors (Lipinski definition) is 2. The fourth-order valence-corrected chi connectivity index (χ4v) is 3.85. The summed E-state index contributed by atoms with van der Waals surface area (Å²) in [5.41, 5.74) is 0.919. The van der Waals surface area contributed by atoms with Gasteiger partial charge in [-0.2, -0.15) is 0 Å². The molecule has 2 aliphatic rings. The van der Waals surface area contributed by atoms with E-state index in [1.807, 2.05) is 6.07 Å². The lowest BCUT2D eigenvalue weighted by Gasteiger charge is -2.22. The molecule has 19 heavy (non-hydrogen) atoms. The molecule has 0 amide bonds. The molecule has 104 valence electrons. The second kappa shape index (κ2) is 5.41. The maximum atomic E-state index is 9.83. The molecule has 3 rings (SSSR count). The highest BCUT2D eigenvalue weighted by molar-refractivity contribution is 5.39.